The molecule has 0 radical (unpaired) electrons. The first-order valence-electron chi connectivity index (χ1n) is 33.4. The van der Waals surface area contributed by atoms with E-state index in [0.717, 1.165) is 95.0 Å². The van der Waals surface area contributed by atoms with Gasteiger partial charge in [-0.2, -0.15) is 17.6 Å². The fourth-order valence-corrected chi connectivity index (χ4v) is 24.9. The van der Waals surface area contributed by atoms with E-state index in [0.29, 0.717) is 89.8 Å². The van der Waals surface area contributed by atoms with Crippen LogP contribution in [0.15, 0.2) is 35.2 Å². The number of alkyl halides is 4. The Morgan fingerprint density at radius 1 is 0.500 bits per heavy atom. The first-order valence-corrected chi connectivity index (χ1v) is 35.0. The van der Waals surface area contributed by atoms with Crippen molar-refractivity contribution in [2.24, 2.45) is 92.7 Å². The molecule has 10 fully saturated rings. The molecule has 0 aromatic heterocycles. The zero-order valence-electron chi connectivity index (χ0n) is 52.5. The number of hydrogen-bond donors (Lipinski definition) is 5. The van der Waals surface area contributed by atoms with Gasteiger partial charge in [-0.15, -0.1) is 0 Å². The average Bonchev–Trinajstić information content (AvgIpc) is 2.55. The van der Waals surface area contributed by atoms with Crippen LogP contribution in [0.1, 0.15) is 264 Å². The Morgan fingerprint density at radius 2 is 0.907 bits per heavy atom. The molecule has 1 unspecified atom stereocenters. The number of hydrogen-bond acceptors (Lipinski definition) is 9. The third-order valence-electron chi connectivity index (χ3n) is 27.4. The number of benzene rings is 1. The van der Waals surface area contributed by atoms with Gasteiger partial charge in [-0.1, -0.05) is 82.0 Å². The summed E-state index contributed by atoms with van der Waals surface area (Å²) in [5, 5.41) is 50.9. The first kappa shape index (κ1) is 73.7. The average molecular weight is 1240 g/mol. The standard InChI is InChI=1S/C37H56F2O5S.C31H52F2O3.CH4O.3CH4/c1-24(32(45(42,43)27-8-6-5-7-9-27)23-37(41)18-14-26(15-19-37)44-33(38)39)29-12-13-30-28-11-10-25-22-34(2,40)20-21-35(25,3)31(28)16-17-36(29,30)4;1-20(9-14-31(35)15-10-22(11-16-31)36-27(32)33)24-7-8-25-23-6-5-21-19-28(2,34)17-18-29(21,3)26(23)12-13-30(24,25)4;1-2;;;/h5-9,24-26,28-33,40-41H,10-23H2,1-4H3;20-27,34-35H,5-19H2,1-4H3;2H,1H3;3*1H4/t24-,25-,26?,28-,29+,30-,31-,32?,34-,35-,36+,37?;20-,21+,22?,23+,24-,25+,26+,28+,29+,30-,31?;;;;/m01..../s1. The van der Waals surface area contributed by atoms with Crippen molar-refractivity contribution in [1.82, 2.24) is 0 Å². The van der Waals surface area contributed by atoms with Crippen molar-refractivity contribution < 1.29 is 61.0 Å². The molecular weight excluding hydrogens is 1120 g/mol. The summed E-state index contributed by atoms with van der Waals surface area (Å²) in [6.45, 7) is 13.2. The molecule has 10 aliphatic rings. The van der Waals surface area contributed by atoms with E-state index in [-0.39, 0.29) is 64.2 Å². The van der Waals surface area contributed by atoms with Gasteiger partial charge >= 0.3 is 13.2 Å². The molecule has 0 aliphatic heterocycles. The molecule has 0 saturated heterocycles. The van der Waals surface area contributed by atoms with Crippen molar-refractivity contribution in [1.29, 1.82) is 0 Å². The van der Waals surface area contributed by atoms with E-state index in [1.165, 1.54) is 64.2 Å². The highest BCUT2D eigenvalue weighted by Crippen LogP contribution is 2.71. The molecule has 9 nitrogen and oxygen atoms in total. The maximum Gasteiger partial charge on any atom is 0.345 e. The summed E-state index contributed by atoms with van der Waals surface area (Å²) in [6.07, 6.45) is 25.1. The second-order valence-corrected chi connectivity index (χ2v) is 34.0. The Labute approximate surface area is 520 Å². The lowest BCUT2D eigenvalue weighted by molar-refractivity contribution is -0.181. The smallest absolute Gasteiger partial charge is 0.345 e. The number of rotatable bonds is 14. The summed E-state index contributed by atoms with van der Waals surface area (Å²) in [4.78, 5) is 0.294. The van der Waals surface area contributed by atoms with Crippen LogP contribution in [0.3, 0.4) is 0 Å². The number of sulfone groups is 1. The van der Waals surface area contributed by atoms with Gasteiger partial charge in [-0.3, -0.25) is 0 Å². The lowest BCUT2D eigenvalue weighted by Crippen LogP contribution is -2.56. The number of halogens is 4. The Kier molecular flexibility index (Phi) is 24.0. The second-order valence-electron chi connectivity index (χ2n) is 31.8. The molecule has 0 bridgehead atoms. The van der Waals surface area contributed by atoms with Crippen molar-refractivity contribution in [2.75, 3.05) is 7.11 Å². The summed E-state index contributed by atoms with van der Waals surface area (Å²) in [5.74, 6) is 7.02. The molecule has 19 atom stereocenters. The molecule has 10 aliphatic carbocycles. The summed E-state index contributed by atoms with van der Waals surface area (Å²) >= 11 is 0. The fourth-order valence-electron chi connectivity index (χ4n) is 22.7. The molecule has 11 rings (SSSR count). The third-order valence-corrected chi connectivity index (χ3v) is 29.7. The van der Waals surface area contributed by atoms with Gasteiger partial charge < -0.3 is 35.0 Å². The largest absolute Gasteiger partial charge is 0.400 e. The van der Waals surface area contributed by atoms with E-state index in [1.807, 2.05) is 13.0 Å². The van der Waals surface area contributed by atoms with Gasteiger partial charge in [0, 0.05) is 7.11 Å². The highest BCUT2D eigenvalue weighted by atomic mass is 32.2. The molecule has 14 heteroatoms. The van der Waals surface area contributed by atoms with E-state index in [4.69, 9.17) is 14.6 Å². The fraction of sp³-hybridized carbons (Fsp3) is 0.917. The maximum atomic E-state index is 14.4. The molecular formula is C72H124F4O9S. The van der Waals surface area contributed by atoms with Crippen LogP contribution < -0.4 is 0 Å². The van der Waals surface area contributed by atoms with E-state index < -0.39 is 62.9 Å². The van der Waals surface area contributed by atoms with Gasteiger partial charge in [-0.05, 0) is 305 Å². The van der Waals surface area contributed by atoms with Gasteiger partial charge in [0.2, 0.25) is 0 Å². The topological polar surface area (TPSA) is 154 Å². The van der Waals surface area contributed by atoms with Crippen molar-refractivity contribution in [3.63, 3.8) is 0 Å². The Bertz CT molecular complexity index is 2390. The normalized spacial score (nSPS) is 45.3. The van der Waals surface area contributed by atoms with Gasteiger partial charge in [-0.25, -0.2) is 8.42 Å². The van der Waals surface area contributed by atoms with Crippen LogP contribution in [0.4, 0.5) is 17.6 Å². The number of fused-ring (bicyclic) bond motifs is 10. The summed E-state index contributed by atoms with van der Waals surface area (Å²) in [5.41, 5.74) is -1.82. The van der Waals surface area contributed by atoms with Crippen LogP contribution in [0.25, 0.3) is 0 Å². The van der Waals surface area contributed by atoms with E-state index in [1.54, 1.807) is 24.3 Å². The minimum absolute atomic E-state index is 0. The van der Waals surface area contributed by atoms with Crippen LogP contribution in [-0.2, 0) is 19.3 Å². The summed E-state index contributed by atoms with van der Waals surface area (Å²) < 4.78 is 89.2. The third kappa shape index (κ3) is 14.7. The Balaban J connectivity index is 0.000000264. The first-order chi connectivity index (χ1) is 38.9. The molecule has 86 heavy (non-hydrogen) atoms. The molecule has 10 saturated carbocycles. The van der Waals surface area contributed by atoms with Gasteiger partial charge in [0.1, 0.15) is 0 Å². The molecule has 1 aromatic rings. The van der Waals surface area contributed by atoms with Crippen LogP contribution >= 0.6 is 0 Å². The lowest BCUT2D eigenvalue weighted by Gasteiger charge is -2.62. The maximum absolute atomic E-state index is 14.4. The van der Waals surface area contributed by atoms with E-state index in [9.17, 15) is 46.4 Å². The zero-order valence-corrected chi connectivity index (χ0v) is 53.3. The molecule has 1 aromatic carbocycles. The monoisotopic (exact) mass is 1240 g/mol. The predicted octanol–water partition coefficient (Wildman–Crippen LogP) is 17.4. The minimum Gasteiger partial charge on any atom is -0.400 e. The number of ether oxygens (including phenoxy) is 2. The van der Waals surface area contributed by atoms with Crippen molar-refractivity contribution in [3.8, 4) is 0 Å². The second kappa shape index (κ2) is 28.1. The number of aliphatic hydroxyl groups is 5. The molecule has 5 N–H and O–H groups in total. The van der Waals surface area contributed by atoms with Gasteiger partial charge in [0.15, 0.2) is 9.84 Å². The SMILES string of the molecule is C.C.C.CO.C[C@H](C(CC1(O)CCC(OC(F)F)CC1)S(=O)(=O)c1ccccc1)[C@H]1CC[C@H]2[C@@H]3CC[C@H]4C[C@@](C)(O)CC[C@]4(C)[C@H]3CC[C@]12C.C[C@H](CCC1(O)CCC(OC(F)F)CC1)[C@H]1CC[C@H]2[C@@H]3CC[C@H]4C[C@@](C)(O)CC[C@]4(C)[C@H]3CC[C@]12C. The van der Waals surface area contributed by atoms with Crippen LogP contribution in [0, 0.1) is 92.7 Å². The molecule has 0 spiro atoms. The highest BCUT2D eigenvalue weighted by Gasteiger charge is 2.64. The predicted molar refractivity (Wildman–Crippen MR) is 338 cm³/mol. The Morgan fingerprint density at radius 3 is 1.35 bits per heavy atom. The van der Waals surface area contributed by atoms with Crippen LogP contribution in [0.2, 0.25) is 0 Å². The summed E-state index contributed by atoms with van der Waals surface area (Å²) in [7, 11) is -2.77. The lowest BCUT2D eigenvalue weighted by atomic mass is 9.43. The highest BCUT2D eigenvalue weighted by molar-refractivity contribution is 7.92. The molecule has 500 valence electrons. The minimum atomic E-state index is -3.77. The number of aliphatic hydroxyl groups excluding tert-OH is 1. The molecule has 0 amide bonds. The van der Waals surface area contributed by atoms with Gasteiger partial charge in [0.25, 0.3) is 0 Å². The van der Waals surface area contributed by atoms with Crippen molar-refractivity contribution in [3.05, 3.63) is 30.3 Å². The van der Waals surface area contributed by atoms with Crippen LogP contribution in [-0.4, -0.2) is 94.1 Å². The van der Waals surface area contributed by atoms with E-state index in [2.05, 4.69) is 48.5 Å². The van der Waals surface area contributed by atoms with E-state index >= 15 is 0 Å². The quantitative estimate of drug-likeness (QED) is 0.115. The van der Waals surface area contributed by atoms with Gasteiger partial charge in [0.05, 0.1) is 44.8 Å². The van der Waals surface area contributed by atoms with Crippen LogP contribution in [0.5, 0.6) is 0 Å². The Hall–Kier alpha value is -1.39. The summed E-state index contributed by atoms with van der Waals surface area (Å²) in [6, 6.07) is 8.66. The van der Waals surface area contributed by atoms with Crippen molar-refractivity contribution >= 4 is 9.84 Å². The van der Waals surface area contributed by atoms with Crippen molar-refractivity contribution in [2.45, 2.75) is 322 Å². The molecule has 0 heterocycles. The zero-order chi connectivity index (χ0) is 60.3.